The van der Waals surface area contributed by atoms with Crippen LogP contribution in [0.15, 0.2) is 35.3 Å². The molecule has 1 N–H and O–H groups in total. The second-order valence-corrected chi connectivity index (χ2v) is 7.53. The summed E-state index contributed by atoms with van der Waals surface area (Å²) in [6, 6.07) is 8.12. The van der Waals surface area contributed by atoms with Gasteiger partial charge >= 0.3 is 0 Å². The van der Waals surface area contributed by atoms with Crippen LogP contribution in [-0.4, -0.2) is 59.6 Å². The minimum absolute atomic E-state index is 0.0855. The van der Waals surface area contributed by atoms with Crippen LogP contribution >= 0.6 is 0 Å². The van der Waals surface area contributed by atoms with Crippen molar-refractivity contribution in [3.05, 3.63) is 51.9 Å². The average molecular weight is 383 g/mol. The van der Waals surface area contributed by atoms with Crippen molar-refractivity contribution in [2.75, 3.05) is 34.2 Å². The van der Waals surface area contributed by atoms with E-state index in [0.717, 1.165) is 23.2 Å². The van der Waals surface area contributed by atoms with E-state index in [2.05, 4.69) is 41.3 Å². The first-order valence-corrected chi connectivity index (χ1v) is 9.43. The van der Waals surface area contributed by atoms with Crippen LogP contribution in [0.5, 0.6) is 5.88 Å². The third-order valence-corrected chi connectivity index (χ3v) is 4.74. The Bertz CT molecular complexity index is 1040. The minimum Gasteiger partial charge on any atom is -0.470 e. The molecule has 0 aliphatic heterocycles. The maximum Gasteiger partial charge on any atom is 0.291 e. The zero-order valence-corrected chi connectivity index (χ0v) is 17.5. The molecular weight excluding hydrogens is 354 g/mol. The summed E-state index contributed by atoms with van der Waals surface area (Å²) in [5.41, 5.74) is 3.71. The molecule has 2 heterocycles. The summed E-state index contributed by atoms with van der Waals surface area (Å²) < 4.78 is 9.51. The van der Waals surface area contributed by atoms with Gasteiger partial charge in [-0.3, -0.25) is 4.79 Å². The highest BCUT2D eigenvalue weighted by Gasteiger charge is 2.19. The lowest BCUT2D eigenvalue weighted by molar-refractivity contribution is 0.153. The highest BCUT2D eigenvalue weighted by atomic mass is 16.5. The highest BCUT2D eigenvalue weighted by Crippen LogP contribution is 2.26. The Labute approximate surface area is 165 Å². The molecule has 3 rings (SSSR count). The Morgan fingerprint density at radius 2 is 2.00 bits per heavy atom. The number of rotatable bonds is 7. The van der Waals surface area contributed by atoms with E-state index in [1.54, 1.807) is 7.05 Å². The average Bonchev–Trinajstić information content (AvgIpc) is 3.04. The number of ether oxygens (including phenoxy) is 1. The first-order valence-electron chi connectivity index (χ1n) is 9.43. The van der Waals surface area contributed by atoms with E-state index in [-0.39, 0.29) is 11.7 Å². The molecule has 0 bridgehead atoms. The van der Waals surface area contributed by atoms with Crippen LogP contribution in [0.4, 0.5) is 0 Å². The third kappa shape index (κ3) is 3.95. The van der Waals surface area contributed by atoms with E-state index in [0.29, 0.717) is 17.9 Å². The largest absolute Gasteiger partial charge is 0.470 e. The molecule has 2 aromatic heterocycles. The predicted molar refractivity (Wildman–Crippen MR) is 113 cm³/mol. The summed E-state index contributed by atoms with van der Waals surface area (Å²) in [6.45, 7) is 5.54. The second-order valence-electron chi connectivity index (χ2n) is 7.53. The summed E-state index contributed by atoms with van der Waals surface area (Å²) in [7, 11) is 7.57. The van der Waals surface area contributed by atoms with Gasteiger partial charge in [0.25, 0.3) is 5.56 Å². The van der Waals surface area contributed by atoms with Crippen LogP contribution in [0, 0.1) is 13.8 Å². The molecule has 0 radical (unpaired) electrons. The fraction of sp³-hybridized carbons (Fsp3) is 0.429. The van der Waals surface area contributed by atoms with Crippen molar-refractivity contribution < 1.29 is 4.74 Å². The van der Waals surface area contributed by atoms with Gasteiger partial charge in [-0.2, -0.15) is 0 Å². The molecule has 1 aromatic carbocycles. The number of likely N-dealkylation sites (N-methyl/N-ethyl adjacent to an activating group) is 2. The monoisotopic (exact) mass is 383 g/mol. The lowest BCUT2D eigenvalue weighted by atomic mass is 10.1. The van der Waals surface area contributed by atoms with Crippen molar-refractivity contribution in [2.24, 2.45) is 7.05 Å². The summed E-state index contributed by atoms with van der Waals surface area (Å²) in [5, 5.41) is 8.28. The number of benzene rings is 1. The molecule has 150 valence electrons. The zero-order valence-electron chi connectivity index (χ0n) is 17.5. The normalized spacial score (nSPS) is 12.7. The van der Waals surface area contributed by atoms with Crippen molar-refractivity contribution in [1.82, 2.24) is 24.6 Å². The Hall–Kier alpha value is -2.64. The van der Waals surface area contributed by atoms with Crippen molar-refractivity contribution >= 4 is 10.9 Å². The van der Waals surface area contributed by atoms with Gasteiger partial charge in [-0.1, -0.05) is 17.7 Å². The van der Waals surface area contributed by atoms with Crippen LogP contribution in [0.3, 0.4) is 0 Å². The molecule has 0 aliphatic rings. The summed E-state index contributed by atoms with van der Waals surface area (Å²) >= 11 is 0. The number of hydrogen-bond donors (Lipinski definition) is 1. The minimum atomic E-state index is -0.148. The quantitative estimate of drug-likeness (QED) is 0.675. The number of aromatic nitrogens is 3. The molecular formula is C21H29N5O2. The molecule has 28 heavy (non-hydrogen) atoms. The molecule has 7 heteroatoms. The van der Waals surface area contributed by atoms with Crippen LogP contribution in [0.1, 0.15) is 11.1 Å². The molecule has 3 aromatic rings. The van der Waals surface area contributed by atoms with E-state index in [4.69, 9.17) is 4.74 Å². The van der Waals surface area contributed by atoms with Gasteiger partial charge in [0, 0.05) is 32.0 Å². The van der Waals surface area contributed by atoms with Crippen LogP contribution in [0.2, 0.25) is 0 Å². The fourth-order valence-corrected chi connectivity index (χ4v) is 3.51. The lowest BCUT2D eigenvalue weighted by Crippen LogP contribution is -2.38. The smallest absolute Gasteiger partial charge is 0.291 e. The molecule has 1 unspecified atom stereocenters. The first-order chi connectivity index (χ1) is 13.3. The van der Waals surface area contributed by atoms with E-state index in [9.17, 15) is 4.79 Å². The standard InChI is InChI=1S/C21H29N5O2/c1-14-7-8-18(15(2)11-14)26-10-9-17-19(26)21(27)25(6)23-20(17)28-16(12-22-3)13-24(4)5/h7-11,16,22H,12-13H2,1-6H3. The van der Waals surface area contributed by atoms with E-state index < -0.39 is 0 Å². The van der Waals surface area contributed by atoms with Crippen molar-refractivity contribution in [1.29, 1.82) is 0 Å². The number of nitrogens with zero attached hydrogens (tertiary/aromatic N) is 4. The van der Waals surface area contributed by atoms with Gasteiger partial charge in [-0.25, -0.2) is 4.68 Å². The second kappa shape index (κ2) is 8.16. The van der Waals surface area contributed by atoms with Crippen LogP contribution in [-0.2, 0) is 7.05 Å². The maximum absolute atomic E-state index is 12.9. The van der Waals surface area contributed by atoms with Gasteiger partial charge in [0.1, 0.15) is 11.6 Å². The molecule has 0 spiro atoms. The van der Waals surface area contributed by atoms with E-state index in [1.807, 2.05) is 44.0 Å². The number of fused-ring (bicyclic) bond motifs is 1. The topological polar surface area (TPSA) is 64.3 Å². The van der Waals surface area contributed by atoms with Gasteiger partial charge in [-0.15, -0.1) is 5.10 Å². The Morgan fingerprint density at radius 1 is 1.25 bits per heavy atom. The molecule has 1 atom stereocenters. The highest BCUT2D eigenvalue weighted by molar-refractivity contribution is 5.85. The van der Waals surface area contributed by atoms with Crippen molar-refractivity contribution in [2.45, 2.75) is 20.0 Å². The van der Waals surface area contributed by atoms with Gasteiger partial charge in [0.15, 0.2) is 0 Å². The lowest BCUT2D eigenvalue weighted by Gasteiger charge is -2.22. The van der Waals surface area contributed by atoms with E-state index in [1.165, 1.54) is 10.2 Å². The fourth-order valence-electron chi connectivity index (χ4n) is 3.51. The van der Waals surface area contributed by atoms with Crippen molar-refractivity contribution in [3.63, 3.8) is 0 Å². The summed E-state index contributed by atoms with van der Waals surface area (Å²) in [4.78, 5) is 15.0. The molecule has 0 saturated heterocycles. The molecule has 0 amide bonds. The van der Waals surface area contributed by atoms with E-state index >= 15 is 0 Å². The van der Waals surface area contributed by atoms with Crippen LogP contribution < -0.4 is 15.6 Å². The molecule has 0 saturated carbocycles. The first kappa shape index (κ1) is 20.1. The molecule has 0 aliphatic carbocycles. The van der Waals surface area contributed by atoms with Gasteiger partial charge in [0.05, 0.1) is 5.39 Å². The summed E-state index contributed by atoms with van der Waals surface area (Å²) in [5.74, 6) is 0.475. The third-order valence-electron chi connectivity index (χ3n) is 4.74. The Morgan fingerprint density at radius 3 is 2.64 bits per heavy atom. The number of nitrogens with one attached hydrogen (secondary N) is 1. The SMILES string of the molecule is CNCC(CN(C)C)Oc1nn(C)c(=O)c2c1ccn2-c1ccc(C)cc1C. The zero-order chi connectivity index (χ0) is 20.4. The maximum atomic E-state index is 12.9. The summed E-state index contributed by atoms with van der Waals surface area (Å²) in [6.07, 6.45) is 1.83. The predicted octanol–water partition coefficient (Wildman–Crippen LogP) is 1.87. The van der Waals surface area contributed by atoms with Crippen molar-refractivity contribution in [3.8, 4) is 11.6 Å². The van der Waals surface area contributed by atoms with Gasteiger partial charge in [0.2, 0.25) is 5.88 Å². The Kier molecular flexibility index (Phi) is 5.86. The number of aryl methyl sites for hydroxylation is 3. The Balaban J connectivity index is 2.13. The van der Waals surface area contributed by atoms with Gasteiger partial charge < -0.3 is 19.5 Å². The molecule has 7 nitrogen and oxygen atoms in total. The number of hydrogen-bond acceptors (Lipinski definition) is 5. The molecule has 0 fully saturated rings. The van der Waals surface area contributed by atoms with Gasteiger partial charge in [-0.05, 0) is 52.7 Å². The van der Waals surface area contributed by atoms with Crippen LogP contribution in [0.25, 0.3) is 16.6 Å².